The summed E-state index contributed by atoms with van der Waals surface area (Å²) in [5, 5.41) is 2.40. The standard InChI is InChI=1S/C33H26S/c1-4-18-27(19-5-1)33(28-20-6-2-7-21-28,29-22-8-3-9-23-29)32-31(26-16-12-13-17-26)30(24-34-32)25-14-10-11-15-25/h1-14,16,18-24H,15,17H2. The summed E-state index contributed by atoms with van der Waals surface area (Å²) in [5.41, 5.74) is 9.09. The van der Waals surface area contributed by atoms with Crippen LogP contribution in [0.2, 0.25) is 0 Å². The molecule has 0 aliphatic heterocycles. The van der Waals surface area contributed by atoms with Gasteiger partial charge in [-0.2, -0.15) is 0 Å². The van der Waals surface area contributed by atoms with Crippen molar-refractivity contribution in [3.8, 4) is 0 Å². The highest BCUT2D eigenvalue weighted by Gasteiger charge is 2.42. The van der Waals surface area contributed by atoms with Crippen molar-refractivity contribution >= 4 is 22.5 Å². The van der Waals surface area contributed by atoms with E-state index in [9.17, 15) is 0 Å². The minimum absolute atomic E-state index is 0.405. The Bertz CT molecular complexity index is 1320. The lowest BCUT2D eigenvalue weighted by Gasteiger charge is -2.37. The fourth-order valence-electron chi connectivity index (χ4n) is 5.43. The third-order valence-corrected chi connectivity index (χ3v) is 8.06. The van der Waals surface area contributed by atoms with E-state index in [1.807, 2.05) is 11.3 Å². The van der Waals surface area contributed by atoms with Gasteiger partial charge in [-0.25, -0.2) is 0 Å². The van der Waals surface area contributed by atoms with E-state index in [1.54, 1.807) is 0 Å². The molecule has 3 aromatic carbocycles. The highest BCUT2D eigenvalue weighted by molar-refractivity contribution is 7.10. The molecule has 0 saturated heterocycles. The molecule has 34 heavy (non-hydrogen) atoms. The highest BCUT2D eigenvalue weighted by Crippen LogP contribution is 2.52. The van der Waals surface area contributed by atoms with E-state index in [0.717, 1.165) is 12.8 Å². The van der Waals surface area contributed by atoms with Gasteiger partial charge in [-0.3, -0.25) is 0 Å². The van der Waals surface area contributed by atoms with Crippen molar-refractivity contribution in [1.29, 1.82) is 0 Å². The van der Waals surface area contributed by atoms with E-state index in [0.29, 0.717) is 0 Å². The Kier molecular flexibility index (Phi) is 5.49. The Balaban J connectivity index is 1.73. The van der Waals surface area contributed by atoms with Gasteiger partial charge in [0.2, 0.25) is 0 Å². The van der Waals surface area contributed by atoms with Gasteiger partial charge in [0.15, 0.2) is 0 Å². The van der Waals surface area contributed by atoms with Gasteiger partial charge >= 0.3 is 0 Å². The van der Waals surface area contributed by atoms with Gasteiger partial charge in [-0.15, -0.1) is 11.3 Å². The van der Waals surface area contributed by atoms with Gasteiger partial charge in [-0.05, 0) is 51.6 Å². The van der Waals surface area contributed by atoms with E-state index < -0.39 is 5.41 Å². The third kappa shape index (κ3) is 3.36. The summed E-state index contributed by atoms with van der Waals surface area (Å²) >= 11 is 1.90. The zero-order chi connectivity index (χ0) is 22.8. The Morgan fingerprint density at radius 2 is 1.03 bits per heavy atom. The van der Waals surface area contributed by atoms with Crippen LogP contribution in [0.15, 0.2) is 133 Å². The normalized spacial score (nSPS) is 14.9. The summed E-state index contributed by atoms with van der Waals surface area (Å²) in [6.07, 6.45) is 15.5. The zero-order valence-electron chi connectivity index (χ0n) is 19.0. The molecule has 1 heteroatoms. The Morgan fingerprint density at radius 1 is 0.559 bits per heavy atom. The summed E-state index contributed by atoms with van der Waals surface area (Å²) in [4.78, 5) is 1.40. The average Bonchev–Trinajstić information content (AvgIpc) is 3.68. The van der Waals surface area contributed by atoms with E-state index >= 15 is 0 Å². The molecule has 0 N–H and O–H groups in total. The van der Waals surface area contributed by atoms with Crippen LogP contribution >= 0.6 is 11.3 Å². The number of thiophene rings is 1. The topological polar surface area (TPSA) is 0 Å². The maximum absolute atomic E-state index is 2.40. The lowest BCUT2D eigenvalue weighted by molar-refractivity contribution is 0.760. The lowest BCUT2D eigenvalue weighted by Crippen LogP contribution is -2.31. The zero-order valence-corrected chi connectivity index (χ0v) is 19.8. The number of rotatable bonds is 6. The molecule has 0 saturated carbocycles. The number of allylic oxidation sites excluding steroid dienone is 8. The molecule has 0 radical (unpaired) electrons. The van der Waals surface area contributed by atoms with Crippen LogP contribution in [0.5, 0.6) is 0 Å². The van der Waals surface area contributed by atoms with Crippen molar-refractivity contribution in [2.24, 2.45) is 0 Å². The highest BCUT2D eigenvalue weighted by atomic mass is 32.1. The minimum Gasteiger partial charge on any atom is -0.146 e. The largest absolute Gasteiger partial charge is 0.146 e. The quantitative estimate of drug-likeness (QED) is 0.255. The molecule has 0 bridgehead atoms. The van der Waals surface area contributed by atoms with Crippen LogP contribution in [-0.2, 0) is 5.41 Å². The summed E-state index contributed by atoms with van der Waals surface area (Å²) in [5.74, 6) is 0. The molecule has 0 spiro atoms. The van der Waals surface area contributed by atoms with Crippen LogP contribution in [0.25, 0.3) is 11.1 Å². The van der Waals surface area contributed by atoms with Crippen LogP contribution in [0, 0.1) is 0 Å². The first-order valence-electron chi connectivity index (χ1n) is 11.9. The van der Waals surface area contributed by atoms with Crippen molar-refractivity contribution in [1.82, 2.24) is 0 Å². The van der Waals surface area contributed by atoms with Crippen LogP contribution in [-0.4, -0.2) is 0 Å². The van der Waals surface area contributed by atoms with E-state index in [4.69, 9.17) is 0 Å². The predicted molar refractivity (Wildman–Crippen MR) is 146 cm³/mol. The van der Waals surface area contributed by atoms with E-state index in [1.165, 1.54) is 43.8 Å². The Hall–Kier alpha value is -3.68. The van der Waals surface area contributed by atoms with Crippen LogP contribution in [0.4, 0.5) is 0 Å². The second-order valence-corrected chi connectivity index (χ2v) is 9.73. The fourth-order valence-corrected chi connectivity index (χ4v) is 6.82. The van der Waals surface area contributed by atoms with Crippen molar-refractivity contribution in [2.75, 3.05) is 0 Å². The van der Waals surface area contributed by atoms with Crippen LogP contribution in [0.1, 0.15) is 45.5 Å². The smallest absolute Gasteiger partial charge is 0.0801 e. The first-order valence-corrected chi connectivity index (χ1v) is 12.8. The van der Waals surface area contributed by atoms with Crippen molar-refractivity contribution in [3.05, 3.63) is 166 Å². The van der Waals surface area contributed by atoms with Gasteiger partial charge in [0.25, 0.3) is 0 Å². The van der Waals surface area contributed by atoms with Crippen LogP contribution in [0.3, 0.4) is 0 Å². The van der Waals surface area contributed by atoms with Gasteiger partial charge in [-0.1, -0.05) is 127 Å². The molecule has 0 amide bonds. The molecule has 0 unspecified atom stereocenters. The SMILES string of the molecule is C1=CCC(c2csc(C(c3ccccc3)(c3ccccc3)c3ccccc3)c2C2=CC=CC2)=C1. The molecular weight excluding hydrogens is 428 g/mol. The maximum Gasteiger partial charge on any atom is 0.0801 e. The molecule has 0 nitrogen and oxygen atoms in total. The lowest BCUT2D eigenvalue weighted by atomic mass is 9.66. The molecule has 0 atom stereocenters. The second-order valence-electron chi connectivity index (χ2n) is 8.85. The molecular formula is C33H26S. The molecule has 0 fully saturated rings. The van der Waals surface area contributed by atoms with E-state index in [2.05, 4.69) is 133 Å². The van der Waals surface area contributed by atoms with Gasteiger partial charge in [0, 0.05) is 10.4 Å². The summed E-state index contributed by atoms with van der Waals surface area (Å²) in [6, 6.07) is 33.1. The molecule has 6 rings (SSSR count). The average molecular weight is 455 g/mol. The maximum atomic E-state index is 2.40. The van der Waals surface area contributed by atoms with Gasteiger partial charge in [0.1, 0.15) is 0 Å². The molecule has 1 heterocycles. The molecule has 1 aromatic heterocycles. The van der Waals surface area contributed by atoms with Gasteiger partial charge < -0.3 is 0 Å². The molecule has 164 valence electrons. The predicted octanol–water partition coefficient (Wildman–Crippen LogP) is 8.82. The van der Waals surface area contributed by atoms with Crippen molar-refractivity contribution in [3.63, 3.8) is 0 Å². The van der Waals surface area contributed by atoms with Crippen molar-refractivity contribution < 1.29 is 0 Å². The van der Waals surface area contributed by atoms with Crippen LogP contribution < -0.4 is 0 Å². The van der Waals surface area contributed by atoms with Crippen molar-refractivity contribution in [2.45, 2.75) is 18.3 Å². The fraction of sp³-hybridized carbons (Fsp3) is 0.0909. The third-order valence-electron chi connectivity index (χ3n) is 6.96. The first kappa shape index (κ1) is 20.9. The number of hydrogen-bond acceptors (Lipinski definition) is 1. The Labute approximate surface area is 205 Å². The Morgan fingerprint density at radius 3 is 1.47 bits per heavy atom. The molecule has 2 aliphatic carbocycles. The summed E-state index contributed by atoms with van der Waals surface area (Å²) in [7, 11) is 0. The second kappa shape index (κ2) is 8.93. The minimum atomic E-state index is -0.405. The summed E-state index contributed by atoms with van der Waals surface area (Å²) < 4.78 is 0. The molecule has 4 aromatic rings. The molecule has 2 aliphatic rings. The number of benzene rings is 3. The monoisotopic (exact) mass is 454 g/mol. The van der Waals surface area contributed by atoms with Gasteiger partial charge in [0.05, 0.1) is 5.41 Å². The number of hydrogen-bond donors (Lipinski definition) is 0. The first-order chi connectivity index (χ1) is 16.9. The van der Waals surface area contributed by atoms with E-state index in [-0.39, 0.29) is 0 Å². The summed E-state index contributed by atoms with van der Waals surface area (Å²) in [6.45, 7) is 0.